The highest BCUT2D eigenvalue weighted by molar-refractivity contribution is 7.99. The summed E-state index contributed by atoms with van der Waals surface area (Å²) in [7, 11) is 1.80. The van der Waals surface area contributed by atoms with E-state index in [4.69, 9.17) is 4.42 Å². The molecule has 0 radical (unpaired) electrons. The van der Waals surface area contributed by atoms with Gasteiger partial charge in [0.15, 0.2) is 0 Å². The van der Waals surface area contributed by atoms with Crippen LogP contribution in [-0.4, -0.2) is 35.0 Å². The average Bonchev–Trinajstić information content (AvgIpc) is 3.02. The number of thioether (sulfide) groups is 1. The van der Waals surface area contributed by atoms with E-state index in [-0.39, 0.29) is 6.03 Å². The van der Waals surface area contributed by atoms with E-state index < -0.39 is 0 Å². The van der Waals surface area contributed by atoms with Crippen LogP contribution >= 0.6 is 11.8 Å². The zero-order valence-electron chi connectivity index (χ0n) is 11.6. The lowest BCUT2D eigenvalue weighted by molar-refractivity contribution is 0.199. The molecule has 0 bridgehead atoms. The number of rotatable bonds is 5. The first-order valence-electron chi connectivity index (χ1n) is 6.84. The Balaban J connectivity index is 1.75. The highest BCUT2D eigenvalue weighted by atomic mass is 32.2. The van der Waals surface area contributed by atoms with Gasteiger partial charge >= 0.3 is 6.03 Å². The van der Waals surface area contributed by atoms with Crippen LogP contribution in [0.25, 0.3) is 0 Å². The summed E-state index contributed by atoms with van der Waals surface area (Å²) in [6.45, 7) is 2.70. The molecule has 0 spiro atoms. The largest absolute Gasteiger partial charge is 0.467 e. The number of hydrogen-bond donors (Lipinski definition) is 1. The summed E-state index contributed by atoms with van der Waals surface area (Å²) in [6.07, 6.45) is 5.03. The van der Waals surface area contributed by atoms with Gasteiger partial charge in [-0.25, -0.2) is 4.79 Å². The lowest BCUT2D eigenvalue weighted by Gasteiger charge is -2.20. The smallest absolute Gasteiger partial charge is 0.317 e. The van der Waals surface area contributed by atoms with E-state index in [1.54, 1.807) is 18.2 Å². The maximum Gasteiger partial charge on any atom is 0.317 e. The highest BCUT2D eigenvalue weighted by Gasteiger charge is 2.26. The molecule has 1 aromatic heterocycles. The molecule has 106 valence electrons. The average molecular weight is 282 g/mol. The van der Waals surface area contributed by atoms with E-state index in [1.807, 2.05) is 23.9 Å². The van der Waals surface area contributed by atoms with E-state index in [9.17, 15) is 4.79 Å². The van der Waals surface area contributed by atoms with Crippen molar-refractivity contribution in [3.05, 3.63) is 24.2 Å². The van der Waals surface area contributed by atoms with E-state index in [0.717, 1.165) is 24.4 Å². The Morgan fingerprint density at radius 1 is 1.58 bits per heavy atom. The second kappa shape index (κ2) is 6.89. The molecule has 1 aliphatic rings. The molecule has 1 fully saturated rings. The molecule has 0 unspecified atom stereocenters. The number of urea groups is 1. The van der Waals surface area contributed by atoms with Crippen LogP contribution in [0.1, 0.15) is 31.9 Å². The van der Waals surface area contributed by atoms with Crippen molar-refractivity contribution in [2.75, 3.05) is 12.8 Å². The minimum atomic E-state index is -0.0106. The van der Waals surface area contributed by atoms with E-state index in [1.165, 1.54) is 6.42 Å². The van der Waals surface area contributed by atoms with Crippen LogP contribution in [0, 0.1) is 0 Å². The number of amides is 2. The van der Waals surface area contributed by atoms with Gasteiger partial charge in [0, 0.05) is 18.3 Å². The SMILES string of the molecule is CCS[C@H]1CC[C@@H](NC(=O)N(C)Cc2ccco2)C1. The Bertz CT molecular complexity index is 394. The summed E-state index contributed by atoms with van der Waals surface area (Å²) in [5.41, 5.74) is 0. The van der Waals surface area contributed by atoms with Crippen molar-refractivity contribution >= 4 is 17.8 Å². The van der Waals surface area contributed by atoms with Gasteiger partial charge in [0.1, 0.15) is 5.76 Å². The maximum atomic E-state index is 12.1. The third-order valence-electron chi connectivity index (χ3n) is 3.43. The quantitative estimate of drug-likeness (QED) is 0.902. The second-order valence-electron chi connectivity index (χ2n) is 4.97. The fraction of sp³-hybridized carbons (Fsp3) is 0.643. The minimum Gasteiger partial charge on any atom is -0.467 e. The third-order valence-corrected chi connectivity index (χ3v) is 4.67. The van der Waals surface area contributed by atoms with Crippen molar-refractivity contribution in [2.45, 2.75) is 44.0 Å². The monoisotopic (exact) mass is 282 g/mol. The topological polar surface area (TPSA) is 45.5 Å². The van der Waals surface area contributed by atoms with Crippen LogP contribution in [0.5, 0.6) is 0 Å². The summed E-state index contributed by atoms with van der Waals surface area (Å²) >= 11 is 2.00. The number of carbonyl (C=O) groups excluding carboxylic acids is 1. The van der Waals surface area contributed by atoms with Crippen LogP contribution in [0.2, 0.25) is 0 Å². The number of hydrogen-bond acceptors (Lipinski definition) is 3. The van der Waals surface area contributed by atoms with Gasteiger partial charge < -0.3 is 14.6 Å². The third kappa shape index (κ3) is 4.20. The molecule has 1 aromatic rings. The fourth-order valence-corrected chi connectivity index (χ4v) is 3.59. The number of carbonyl (C=O) groups is 1. The van der Waals surface area contributed by atoms with Gasteiger partial charge in [-0.1, -0.05) is 6.92 Å². The lowest BCUT2D eigenvalue weighted by Crippen LogP contribution is -2.41. The predicted molar refractivity (Wildman–Crippen MR) is 78.3 cm³/mol. The first kappa shape index (κ1) is 14.3. The number of furan rings is 1. The lowest BCUT2D eigenvalue weighted by atomic mass is 10.2. The van der Waals surface area contributed by atoms with E-state index in [0.29, 0.717) is 17.8 Å². The van der Waals surface area contributed by atoms with Crippen molar-refractivity contribution in [3.63, 3.8) is 0 Å². The van der Waals surface area contributed by atoms with Gasteiger partial charge in [0.25, 0.3) is 0 Å². The molecular weight excluding hydrogens is 260 g/mol. The summed E-state index contributed by atoms with van der Waals surface area (Å²) < 4.78 is 5.25. The van der Waals surface area contributed by atoms with Gasteiger partial charge in [-0.3, -0.25) is 0 Å². The molecule has 5 heteroatoms. The molecule has 2 atom stereocenters. The zero-order valence-corrected chi connectivity index (χ0v) is 12.4. The Morgan fingerprint density at radius 2 is 2.42 bits per heavy atom. The van der Waals surface area contributed by atoms with Crippen molar-refractivity contribution in [2.24, 2.45) is 0 Å². The molecule has 1 saturated carbocycles. The van der Waals surface area contributed by atoms with Crippen LogP contribution < -0.4 is 5.32 Å². The summed E-state index contributed by atoms with van der Waals surface area (Å²) in [4.78, 5) is 13.7. The molecule has 1 heterocycles. The van der Waals surface area contributed by atoms with Gasteiger partial charge in [-0.05, 0) is 37.1 Å². The number of nitrogens with one attached hydrogen (secondary N) is 1. The van der Waals surface area contributed by atoms with Crippen LogP contribution in [0.3, 0.4) is 0 Å². The molecule has 0 saturated heterocycles. The molecule has 1 N–H and O–H groups in total. The first-order valence-corrected chi connectivity index (χ1v) is 7.89. The summed E-state index contributed by atoms with van der Waals surface area (Å²) in [6, 6.07) is 4.04. The van der Waals surface area contributed by atoms with Crippen LogP contribution in [0.15, 0.2) is 22.8 Å². The fourth-order valence-electron chi connectivity index (χ4n) is 2.45. The van der Waals surface area contributed by atoms with Gasteiger partial charge in [-0.2, -0.15) is 11.8 Å². The van der Waals surface area contributed by atoms with Crippen molar-refractivity contribution in [1.29, 1.82) is 0 Å². The van der Waals surface area contributed by atoms with Crippen molar-refractivity contribution in [3.8, 4) is 0 Å². The molecule has 19 heavy (non-hydrogen) atoms. The normalized spacial score (nSPS) is 22.4. The number of nitrogens with zero attached hydrogens (tertiary/aromatic N) is 1. The van der Waals surface area contributed by atoms with Gasteiger partial charge in [-0.15, -0.1) is 0 Å². The molecule has 2 amide bonds. The highest BCUT2D eigenvalue weighted by Crippen LogP contribution is 2.29. The maximum absolute atomic E-state index is 12.1. The van der Waals surface area contributed by atoms with E-state index in [2.05, 4.69) is 12.2 Å². The van der Waals surface area contributed by atoms with Gasteiger partial charge in [0.05, 0.1) is 12.8 Å². The molecule has 0 aliphatic heterocycles. The van der Waals surface area contributed by atoms with Crippen molar-refractivity contribution in [1.82, 2.24) is 10.2 Å². The summed E-state index contributed by atoms with van der Waals surface area (Å²) in [5, 5.41) is 3.83. The van der Waals surface area contributed by atoms with Gasteiger partial charge in [0.2, 0.25) is 0 Å². The molecule has 4 nitrogen and oxygen atoms in total. The summed E-state index contributed by atoms with van der Waals surface area (Å²) in [5.74, 6) is 1.97. The van der Waals surface area contributed by atoms with E-state index >= 15 is 0 Å². The van der Waals surface area contributed by atoms with Crippen LogP contribution in [-0.2, 0) is 6.54 Å². The molecule has 1 aliphatic carbocycles. The Kier molecular flexibility index (Phi) is 5.19. The molecule has 0 aromatic carbocycles. The predicted octanol–water partition coefficient (Wildman–Crippen LogP) is 3.10. The Labute approximate surface area is 118 Å². The van der Waals surface area contributed by atoms with Crippen molar-refractivity contribution < 1.29 is 9.21 Å². The Morgan fingerprint density at radius 3 is 3.11 bits per heavy atom. The minimum absolute atomic E-state index is 0.0106. The van der Waals surface area contributed by atoms with Crippen LogP contribution in [0.4, 0.5) is 4.79 Å². The standard InChI is InChI=1S/C14H22N2O2S/c1-3-19-13-7-6-11(9-13)15-14(17)16(2)10-12-5-4-8-18-12/h4-5,8,11,13H,3,6-7,9-10H2,1-2H3,(H,15,17)/t11-,13+/m1/s1. The molecular formula is C14H22N2O2S. The molecule has 2 rings (SSSR count). The second-order valence-corrected chi connectivity index (χ2v) is 6.55. The first-order chi connectivity index (χ1) is 9.19. The zero-order chi connectivity index (χ0) is 13.7. The Hall–Kier alpha value is -1.10.